The molecule has 0 spiro atoms. The fourth-order valence-electron chi connectivity index (χ4n) is 7.00. The molecule has 59 heavy (non-hydrogen) atoms. The molecule has 0 radical (unpaired) electrons. The van der Waals surface area contributed by atoms with E-state index in [0.29, 0.717) is 42.9 Å². The topological polar surface area (TPSA) is 156 Å². The number of fused-ring (bicyclic) bond motifs is 1. The highest BCUT2D eigenvalue weighted by atomic mass is 19.1. The summed E-state index contributed by atoms with van der Waals surface area (Å²) in [5.74, 6) is -2.59. The predicted molar refractivity (Wildman–Crippen MR) is 222 cm³/mol. The van der Waals surface area contributed by atoms with Crippen LogP contribution in [0.25, 0.3) is 16.7 Å². The Morgan fingerprint density at radius 2 is 1.19 bits per heavy atom. The van der Waals surface area contributed by atoms with Gasteiger partial charge in [0.25, 0.3) is 0 Å². The number of aromatic nitrogens is 2. The molecule has 1 aromatic heterocycles. The van der Waals surface area contributed by atoms with E-state index in [2.05, 4.69) is 20.1 Å². The molecule has 4 aromatic carbocycles. The molecule has 2 amide bonds. The Balaban J connectivity index is 0.000000199. The maximum absolute atomic E-state index is 14.6. The highest BCUT2D eigenvalue weighted by Gasteiger charge is 2.22. The van der Waals surface area contributed by atoms with Gasteiger partial charge in [-0.15, -0.1) is 0 Å². The van der Waals surface area contributed by atoms with Crippen LogP contribution in [0.5, 0.6) is 0 Å². The molecule has 0 aliphatic carbocycles. The SMILES string of the molecule is CCOC(=O)c1cc(N)c(Nc2cccc(N3CCN(C(C)=O)CC3)c2)cc1F.CCOC(=O)c1cc2ncn(-c3cccc(N4CCN(C(C)=O)CC4)c3)c2cc1F. The van der Waals surface area contributed by atoms with Gasteiger partial charge in [0.2, 0.25) is 11.8 Å². The lowest BCUT2D eigenvalue weighted by atomic mass is 10.1. The molecule has 310 valence electrons. The van der Waals surface area contributed by atoms with Gasteiger partial charge < -0.3 is 40.1 Å². The summed E-state index contributed by atoms with van der Waals surface area (Å²) in [6.45, 7) is 12.6. The monoisotopic (exact) mass is 810 g/mol. The molecular weight excluding hydrogens is 763 g/mol. The number of nitrogens with one attached hydrogen (secondary N) is 1. The number of hydrogen-bond acceptors (Lipinski definition) is 11. The summed E-state index contributed by atoms with van der Waals surface area (Å²) in [5, 5.41) is 3.11. The van der Waals surface area contributed by atoms with Gasteiger partial charge >= 0.3 is 11.9 Å². The Kier molecular flexibility index (Phi) is 13.3. The Morgan fingerprint density at radius 1 is 0.678 bits per heavy atom. The van der Waals surface area contributed by atoms with E-state index in [1.807, 2.05) is 58.3 Å². The number of nitrogens with zero attached hydrogens (tertiary/aromatic N) is 6. The minimum Gasteiger partial charge on any atom is -0.462 e. The first-order valence-corrected chi connectivity index (χ1v) is 19.4. The van der Waals surface area contributed by atoms with Crippen LogP contribution in [0.1, 0.15) is 48.4 Å². The van der Waals surface area contributed by atoms with Gasteiger partial charge in [-0.1, -0.05) is 12.1 Å². The van der Waals surface area contributed by atoms with Gasteiger partial charge in [0, 0.05) is 101 Å². The van der Waals surface area contributed by atoms with Gasteiger partial charge in [-0.05, 0) is 62.4 Å². The molecule has 2 fully saturated rings. The van der Waals surface area contributed by atoms with Crippen molar-refractivity contribution in [2.75, 3.05) is 86.4 Å². The molecule has 0 atom stereocenters. The van der Waals surface area contributed by atoms with Crippen molar-refractivity contribution in [3.63, 3.8) is 0 Å². The Labute approximate surface area is 341 Å². The molecular formula is C43H48F2N8O6. The maximum atomic E-state index is 14.6. The molecule has 5 aromatic rings. The van der Waals surface area contributed by atoms with Gasteiger partial charge in [-0.2, -0.15) is 0 Å². The lowest BCUT2D eigenvalue weighted by molar-refractivity contribution is -0.129. The van der Waals surface area contributed by atoms with Crippen LogP contribution in [0, 0.1) is 11.6 Å². The quantitative estimate of drug-likeness (QED) is 0.133. The number of piperazine rings is 2. The van der Waals surface area contributed by atoms with Gasteiger partial charge in [0.15, 0.2) is 0 Å². The molecule has 16 heteroatoms. The number of imidazole rings is 1. The molecule has 2 aliphatic heterocycles. The molecule has 0 unspecified atom stereocenters. The van der Waals surface area contributed by atoms with Crippen LogP contribution in [-0.2, 0) is 19.1 Å². The third-order valence-corrected chi connectivity index (χ3v) is 10.2. The average Bonchev–Trinajstić information content (AvgIpc) is 3.65. The summed E-state index contributed by atoms with van der Waals surface area (Å²) >= 11 is 0. The van der Waals surface area contributed by atoms with Crippen LogP contribution in [0.15, 0.2) is 79.1 Å². The zero-order valence-electron chi connectivity index (χ0n) is 33.5. The van der Waals surface area contributed by atoms with E-state index >= 15 is 0 Å². The second-order valence-corrected chi connectivity index (χ2v) is 14.0. The summed E-state index contributed by atoms with van der Waals surface area (Å²) in [7, 11) is 0. The van der Waals surface area contributed by atoms with Crippen molar-refractivity contribution < 1.29 is 37.4 Å². The predicted octanol–water partition coefficient (Wildman–Crippen LogP) is 6.01. The number of benzene rings is 4. The first kappa shape index (κ1) is 41.9. The maximum Gasteiger partial charge on any atom is 0.341 e. The lowest BCUT2D eigenvalue weighted by Gasteiger charge is -2.35. The first-order chi connectivity index (χ1) is 28.4. The normalized spacial score (nSPS) is 14.1. The van der Waals surface area contributed by atoms with E-state index in [9.17, 15) is 28.0 Å². The largest absolute Gasteiger partial charge is 0.462 e. The molecule has 7 rings (SSSR count). The number of rotatable bonds is 9. The Bertz CT molecular complexity index is 2340. The van der Waals surface area contributed by atoms with Crippen molar-refractivity contribution in [2.45, 2.75) is 27.7 Å². The zero-order chi connectivity index (χ0) is 42.2. The zero-order valence-corrected chi connectivity index (χ0v) is 33.5. The number of ether oxygens (including phenoxy) is 2. The highest BCUT2D eigenvalue weighted by molar-refractivity contribution is 5.94. The van der Waals surface area contributed by atoms with Gasteiger partial charge in [-0.3, -0.25) is 14.2 Å². The molecule has 3 N–H and O–H groups in total. The third kappa shape index (κ3) is 9.88. The number of nitrogen functional groups attached to an aromatic ring is 1. The fraction of sp³-hybridized carbons (Fsp3) is 0.326. The second kappa shape index (κ2) is 18.7. The van der Waals surface area contributed by atoms with Crippen molar-refractivity contribution in [3.8, 4) is 5.69 Å². The average molecular weight is 811 g/mol. The molecule has 2 aliphatic rings. The standard InChI is InChI=1S/C22H23FN4O3.C21H25FN4O3/c1-3-30-22(29)18-12-20-21(13-19(18)23)27(14-24-20)17-6-4-5-16(11-17)26-9-7-25(8-10-26)15(2)28;1-3-29-21(28)17-12-19(23)20(13-18(17)22)24-15-5-4-6-16(11-15)26-9-7-25(8-10-26)14(2)27/h4-6,11-14H,3,7-10H2,1-2H3;4-6,11-13,24H,3,7-10,23H2,1-2H3. The number of anilines is 5. The number of amides is 2. The minimum atomic E-state index is -0.741. The number of hydrogen-bond donors (Lipinski definition) is 2. The van der Waals surface area contributed by atoms with Crippen molar-refractivity contribution in [1.82, 2.24) is 19.4 Å². The van der Waals surface area contributed by atoms with Crippen molar-refractivity contribution in [1.29, 1.82) is 0 Å². The van der Waals surface area contributed by atoms with Crippen molar-refractivity contribution in [2.24, 2.45) is 0 Å². The summed E-state index contributed by atoms with van der Waals surface area (Å²) in [6.07, 6.45) is 1.62. The van der Waals surface area contributed by atoms with Crippen LogP contribution in [0.2, 0.25) is 0 Å². The van der Waals surface area contributed by atoms with Crippen LogP contribution in [0.3, 0.4) is 0 Å². The summed E-state index contributed by atoms with van der Waals surface area (Å²) in [4.78, 5) is 59.2. The Hall–Kier alpha value is -6.71. The van der Waals surface area contributed by atoms with E-state index < -0.39 is 23.6 Å². The molecule has 2 saturated heterocycles. The fourth-order valence-corrected chi connectivity index (χ4v) is 7.00. The van der Waals surface area contributed by atoms with Gasteiger partial charge in [0.1, 0.15) is 18.0 Å². The van der Waals surface area contributed by atoms with Gasteiger partial charge in [0.05, 0.1) is 46.7 Å². The van der Waals surface area contributed by atoms with Crippen LogP contribution < -0.4 is 20.9 Å². The first-order valence-electron chi connectivity index (χ1n) is 19.4. The number of halogens is 2. The summed E-state index contributed by atoms with van der Waals surface area (Å²) in [5.41, 5.74) is 11.0. The van der Waals surface area contributed by atoms with Gasteiger partial charge in [-0.25, -0.2) is 23.4 Å². The lowest BCUT2D eigenvalue weighted by Crippen LogP contribution is -2.48. The molecule has 0 bridgehead atoms. The van der Waals surface area contributed by atoms with E-state index in [1.165, 1.54) is 24.3 Å². The number of nitrogens with two attached hydrogens (primary N) is 1. The van der Waals surface area contributed by atoms with Crippen molar-refractivity contribution >= 4 is 63.2 Å². The van der Waals surface area contributed by atoms with E-state index in [1.54, 1.807) is 38.6 Å². The Morgan fingerprint density at radius 3 is 1.75 bits per heavy atom. The van der Waals surface area contributed by atoms with E-state index in [0.717, 1.165) is 48.9 Å². The molecule has 3 heterocycles. The van der Waals surface area contributed by atoms with Crippen LogP contribution in [-0.4, -0.2) is 109 Å². The van der Waals surface area contributed by atoms with E-state index in [-0.39, 0.29) is 41.8 Å². The second-order valence-electron chi connectivity index (χ2n) is 14.0. The van der Waals surface area contributed by atoms with Crippen molar-refractivity contribution in [3.05, 3.63) is 102 Å². The number of carbonyl (C=O) groups is 4. The third-order valence-electron chi connectivity index (χ3n) is 10.2. The highest BCUT2D eigenvalue weighted by Crippen LogP contribution is 2.30. The molecule has 0 saturated carbocycles. The van der Waals surface area contributed by atoms with E-state index in [4.69, 9.17) is 15.2 Å². The van der Waals surface area contributed by atoms with Crippen LogP contribution in [0.4, 0.5) is 37.2 Å². The number of carbonyl (C=O) groups excluding carboxylic acids is 4. The smallest absolute Gasteiger partial charge is 0.341 e. The summed E-state index contributed by atoms with van der Waals surface area (Å²) in [6, 6.07) is 20.8. The summed E-state index contributed by atoms with van der Waals surface area (Å²) < 4.78 is 40.4. The van der Waals surface area contributed by atoms with Crippen LogP contribution >= 0.6 is 0 Å². The molecule has 14 nitrogen and oxygen atoms in total. The minimum absolute atomic E-state index is 0.0869. The number of esters is 2.